The number of hydrogen-bond donors (Lipinski definition) is 0. The average Bonchev–Trinajstić information content (AvgIpc) is 2.49. The van der Waals surface area contributed by atoms with Crippen molar-refractivity contribution in [2.75, 3.05) is 20.2 Å². The molecule has 0 saturated carbocycles. The van der Waals surface area contributed by atoms with Gasteiger partial charge in [0.2, 0.25) is 0 Å². The van der Waals surface area contributed by atoms with Crippen LogP contribution in [-0.2, 0) is 6.54 Å². The molecule has 4 heteroatoms. The van der Waals surface area contributed by atoms with Crippen molar-refractivity contribution in [2.24, 2.45) is 5.41 Å². The van der Waals surface area contributed by atoms with Crippen molar-refractivity contribution in [3.63, 3.8) is 0 Å². The zero-order valence-electron chi connectivity index (χ0n) is 12.0. The number of rotatable bonds is 3. The molecular weight excluding hydrogens is 250 g/mol. The maximum atomic E-state index is 9.15. The van der Waals surface area contributed by atoms with E-state index in [1.165, 1.54) is 0 Å². The lowest BCUT2D eigenvalue weighted by Gasteiger charge is -2.35. The molecule has 20 heavy (non-hydrogen) atoms. The highest BCUT2D eigenvalue weighted by atomic mass is 16.5. The summed E-state index contributed by atoms with van der Waals surface area (Å²) in [5.41, 5.74) is 1.50. The minimum absolute atomic E-state index is 0.185. The summed E-state index contributed by atoms with van der Waals surface area (Å²) in [6.07, 6.45) is 1.79. The number of methoxy groups -OCH3 is 1. The molecule has 1 aromatic rings. The molecule has 0 bridgehead atoms. The number of ether oxygens (including phenoxy) is 1. The van der Waals surface area contributed by atoms with Crippen molar-refractivity contribution >= 4 is 0 Å². The topological polar surface area (TPSA) is 60.0 Å². The van der Waals surface area contributed by atoms with Crippen LogP contribution < -0.4 is 4.74 Å². The Hall–Kier alpha value is -2.04. The molecule has 0 atom stereocenters. The lowest BCUT2D eigenvalue weighted by molar-refractivity contribution is 0.149. The molecule has 1 aromatic carbocycles. The molecule has 2 rings (SSSR count). The first-order valence-corrected chi connectivity index (χ1v) is 6.81. The van der Waals surface area contributed by atoms with Crippen LogP contribution in [0.2, 0.25) is 0 Å². The van der Waals surface area contributed by atoms with E-state index in [1.54, 1.807) is 13.2 Å². The van der Waals surface area contributed by atoms with Gasteiger partial charge >= 0.3 is 0 Å². The van der Waals surface area contributed by atoms with Gasteiger partial charge in [0.15, 0.2) is 0 Å². The summed E-state index contributed by atoms with van der Waals surface area (Å²) in [4.78, 5) is 2.32. The van der Waals surface area contributed by atoms with Crippen molar-refractivity contribution < 1.29 is 4.74 Å². The molecule has 0 spiro atoms. The minimum Gasteiger partial charge on any atom is -0.496 e. The van der Waals surface area contributed by atoms with Crippen LogP contribution in [0.25, 0.3) is 0 Å². The summed E-state index contributed by atoms with van der Waals surface area (Å²) < 4.78 is 5.36. The molecule has 1 aliphatic heterocycles. The van der Waals surface area contributed by atoms with E-state index in [0.29, 0.717) is 5.56 Å². The van der Waals surface area contributed by atoms with E-state index in [1.807, 2.05) is 19.1 Å². The number of piperidine rings is 1. The molecule has 4 nitrogen and oxygen atoms in total. The van der Waals surface area contributed by atoms with Gasteiger partial charge in [-0.3, -0.25) is 4.90 Å². The second-order valence-electron chi connectivity index (χ2n) is 5.59. The summed E-state index contributed by atoms with van der Waals surface area (Å²) in [5, 5.41) is 18.1. The SMILES string of the molecule is COc1ccc(C#N)cc1CN1CCC(C)(C#N)CC1. The largest absolute Gasteiger partial charge is 0.496 e. The summed E-state index contributed by atoms with van der Waals surface area (Å²) in [5.74, 6) is 0.817. The van der Waals surface area contributed by atoms with Crippen LogP contribution in [0.1, 0.15) is 30.9 Å². The van der Waals surface area contributed by atoms with Gasteiger partial charge in [0.1, 0.15) is 5.75 Å². The first-order chi connectivity index (χ1) is 9.60. The van der Waals surface area contributed by atoms with Crippen LogP contribution in [-0.4, -0.2) is 25.1 Å². The molecule has 0 radical (unpaired) electrons. The van der Waals surface area contributed by atoms with Gasteiger partial charge in [0.25, 0.3) is 0 Å². The Morgan fingerprint density at radius 3 is 2.55 bits per heavy atom. The molecule has 0 aliphatic carbocycles. The molecule has 1 fully saturated rings. The summed E-state index contributed by atoms with van der Waals surface area (Å²) >= 11 is 0. The second kappa shape index (κ2) is 5.94. The molecule has 1 aliphatic rings. The van der Waals surface area contributed by atoms with Crippen LogP contribution in [0.4, 0.5) is 0 Å². The number of likely N-dealkylation sites (tertiary alicyclic amines) is 1. The Bertz CT molecular complexity index is 560. The highest BCUT2D eigenvalue weighted by Gasteiger charge is 2.30. The molecule has 104 valence electrons. The van der Waals surface area contributed by atoms with E-state index in [-0.39, 0.29) is 5.41 Å². The first kappa shape index (κ1) is 14.4. The molecule has 0 unspecified atom stereocenters. The van der Waals surface area contributed by atoms with Crippen LogP contribution in [0.5, 0.6) is 5.75 Å². The van der Waals surface area contributed by atoms with Gasteiger partial charge < -0.3 is 4.74 Å². The molecule has 0 N–H and O–H groups in total. The van der Waals surface area contributed by atoms with Crippen LogP contribution in [0.3, 0.4) is 0 Å². The van der Waals surface area contributed by atoms with Crippen LogP contribution >= 0.6 is 0 Å². The van der Waals surface area contributed by atoms with E-state index >= 15 is 0 Å². The number of hydrogen-bond acceptors (Lipinski definition) is 4. The van der Waals surface area contributed by atoms with Crippen molar-refractivity contribution in [1.29, 1.82) is 10.5 Å². The summed E-state index contributed by atoms with van der Waals surface area (Å²) in [7, 11) is 1.65. The fourth-order valence-electron chi connectivity index (χ4n) is 2.53. The van der Waals surface area contributed by atoms with Gasteiger partial charge in [-0.15, -0.1) is 0 Å². The van der Waals surface area contributed by atoms with Gasteiger partial charge in [-0.1, -0.05) is 0 Å². The maximum absolute atomic E-state index is 9.15. The predicted octanol–water partition coefficient (Wildman–Crippen LogP) is 2.69. The molecule has 0 aromatic heterocycles. The van der Waals surface area contributed by atoms with Gasteiger partial charge in [-0.05, 0) is 51.1 Å². The monoisotopic (exact) mass is 269 g/mol. The van der Waals surface area contributed by atoms with E-state index in [2.05, 4.69) is 17.0 Å². The van der Waals surface area contributed by atoms with Gasteiger partial charge in [-0.25, -0.2) is 0 Å². The Morgan fingerprint density at radius 1 is 1.30 bits per heavy atom. The van der Waals surface area contributed by atoms with Gasteiger partial charge in [0, 0.05) is 12.1 Å². The lowest BCUT2D eigenvalue weighted by Crippen LogP contribution is -2.37. The van der Waals surface area contributed by atoms with Gasteiger partial charge in [0.05, 0.1) is 30.2 Å². The summed E-state index contributed by atoms with van der Waals surface area (Å²) in [6.45, 7) is 4.61. The third-order valence-electron chi connectivity index (χ3n) is 4.03. The Balaban J connectivity index is 2.08. The maximum Gasteiger partial charge on any atom is 0.123 e. The second-order valence-corrected chi connectivity index (χ2v) is 5.59. The number of benzene rings is 1. The summed E-state index contributed by atoms with van der Waals surface area (Å²) in [6, 6.07) is 10.1. The van der Waals surface area contributed by atoms with Crippen molar-refractivity contribution in [3.05, 3.63) is 29.3 Å². The quantitative estimate of drug-likeness (QED) is 0.846. The Morgan fingerprint density at radius 2 is 2.00 bits per heavy atom. The third kappa shape index (κ3) is 3.10. The zero-order valence-corrected chi connectivity index (χ0v) is 12.0. The van der Waals surface area contributed by atoms with E-state index in [4.69, 9.17) is 15.3 Å². The number of nitriles is 2. The predicted molar refractivity (Wildman–Crippen MR) is 75.9 cm³/mol. The smallest absolute Gasteiger partial charge is 0.123 e. The highest BCUT2D eigenvalue weighted by molar-refractivity contribution is 5.42. The zero-order chi connectivity index (χ0) is 14.6. The normalized spacial score (nSPS) is 18.0. The average molecular weight is 269 g/mol. The van der Waals surface area contributed by atoms with Gasteiger partial charge in [-0.2, -0.15) is 10.5 Å². The van der Waals surface area contributed by atoms with Crippen LogP contribution in [0, 0.1) is 28.1 Å². The van der Waals surface area contributed by atoms with E-state index in [0.717, 1.165) is 43.8 Å². The Labute approximate surface area is 120 Å². The molecule has 0 amide bonds. The van der Waals surface area contributed by atoms with Crippen molar-refractivity contribution in [1.82, 2.24) is 4.90 Å². The minimum atomic E-state index is -0.185. The molecule has 1 saturated heterocycles. The van der Waals surface area contributed by atoms with E-state index < -0.39 is 0 Å². The fraction of sp³-hybridized carbons (Fsp3) is 0.500. The third-order valence-corrected chi connectivity index (χ3v) is 4.03. The molecule has 1 heterocycles. The Kier molecular flexibility index (Phi) is 4.27. The standard InChI is InChI=1S/C16H19N3O/c1-16(12-18)5-7-19(8-6-16)11-14-9-13(10-17)3-4-15(14)20-2/h3-4,9H,5-8,11H2,1-2H3. The highest BCUT2D eigenvalue weighted by Crippen LogP contribution is 2.31. The first-order valence-electron chi connectivity index (χ1n) is 6.81. The molecular formula is C16H19N3O. The van der Waals surface area contributed by atoms with Crippen molar-refractivity contribution in [2.45, 2.75) is 26.3 Å². The fourth-order valence-corrected chi connectivity index (χ4v) is 2.53. The number of nitrogens with zero attached hydrogens (tertiary/aromatic N) is 3. The van der Waals surface area contributed by atoms with E-state index in [9.17, 15) is 0 Å². The van der Waals surface area contributed by atoms with Crippen LogP contribution in [0.15, 0.2) is 18.2 Å². The van der Waals surface area contributed by atoms with Crippen molar-refractivity contribution in [3.8, 4) is 17.9 Å². The lowest BCUT2D eigenvalue weighted by atomic mass is 9.82.